The van der Waals surface area contributed by atoms with Crippen molar-refractivity contribution in [1.82, 2.24) is 5.32 Å². The second-order valence-electron chi connectivity index (χ2n) is 6.23. The Kier molecular flexibility index (Phi) is 4.15. The second kappa shape index (κ2) is 6.24. The Morgan fingerprint density at radius 2 is 2.04 bits per heavy atom. The average molecular weight is 308 g/mol. The fraction of sp³-hybridized carbons (Fsp3) is 0.263. The molecule has 0 saturated carbocycles. The van der Waals surface area contributed by atoms with Crippen molar-refractivity contribution in [2.45, 2.75) is 25.3 Å². The van der Waals surface area contributed by atoms with Crippen LogP contribution in [0.1, 0.15) is 29.3 Å². The van der Waals surface area contributed by atoms with Crippen LogP contribution in [0, 0.1) is 0 Å². The van der Waals surface area contributed by atoms with E-state index in [1.54, 1.807) is 12.4 Å². The van der Waals surface area contributed by atoms with Crippen molar-refractivity contribution in [3.8, 4) is 11.1 Å². The summed E-state index contributed by atoms with van der Waals surface area (Å²) >= 11 is 0. The SMILES string of the molecule is CC1(CCc2ccc(-c3ccccc3)c(C(=O)O)c2)CN=CN1. The molecule has 3 rings (SSSR count). The molecule has 2 aromatic carbocycles. The lowest BCUT2D eigenvalue weighted by atomic mass is 9.91. The molecule has 2 N–H and O–H groups in total. The molecule has 1 aliphatic rings. The van der Waals surface area contributed by atoms with Gasteiger partial charge in [0.1, 0.15) is 0 Å². The van der Waals surface area contributed by atoms with E-state index < -0.39 is 5.97 Å². The minimum atomic E-state index is -0.890. The van der Waals surface area contributed by atoms with Gasteiger partial charge in [-0.3, -0.25) is 4.99 Å². The number of nitrogens with zero attached hydrogens (tertiary/aromatic N) is 1. The standard InChI is InChI=1S/C19H20N2O2/c1-19(12-20-13-21-19)10-9-14-7-8-16(17(11-14)18(22)23)15-5-3-2-4-6-15/h2-8,11,13H,9-10,12H2,1H3,(H,20,21)(H,22,23). The van der Waals surface area contributed by atoms with Gasteiger partial charge in [0.05, 0.1) is 24.0 Å². The highest BCUT2D eigenvalue weighted by atomic mass is 16.4. The maximum Gasteiger partial charge on any atom is 0.336 e. The van der Waals surface area contributed by atoms with Gasteiger partial charge in [-0.05, 0) is 42.5 Å². The number of carbonyl (C=O) groups is 1. The summed E-state index contributed by atoms with van der Waals surface area (Å²) in [6.45, 7) is 2.90. The molecule has 1 atom stereocenters. The lowest BCUT2D eigenvalue weighted by Gasteiger charge is -2.23. The van der Waals surface area contributed by atoms with Gasteiger partial charge in [0, 0.05) is 0 Å². The first-order valence-electron chi connectivity index (χ1n) is 7.75. The first kappa shape index (κ1) is 15.3. The summed E-state index contributed by atoms with van der Waals surface area (Å²) in [5, 5.41) is 12.8. The Morgan fingerprint density at radius 1 is 1.26 bits per heavy atom. The quantitative estimate of drug-likeness (QED) is 0.890. The molecular weight excluding hydrogens is 288 g/mol. The normalized spacial score (nSPS) is 19.5. The van der Waals surface area contributed by atoms with Crippen molar-refractivity contribution in [2.24, 2.45) is 4.99 Å². The highest BCUT2D eigenvalue weighted by molar-refractivity contribution is 5.96. The van der Waals surface area contributed by atoms with Gasteiger partial charge in [0.25, 0.3) is 0 Å². The number of benzene rings is 2. The van der Waals surface area contributed by atoms with Crippen LogP contribution in [0.15, 0.2) is 53.5 Å². The Balaban J connectivity index is 1.84. The van der Waals surface area contributed by atoms with Gasteiger partial charge in [-0.15, -0.1) is 0 Å². The van der Waals surface area contributed by atoms with E-state index in [0.29, 0.717) is 5.56 Å². The van der Waals surface area contributed by atoms with Gasteiger partial charge in [-0.2, -0.15) is 0 Å². The van der Waals surface area contributed by atoms with Crippen LogP contribution in [0.3, 0.4) is 0 Å². The van der Waals surface area contributed by atoms with Crippen LogP contribution >= 0.6 is 0 Å². The molecule has 118 valence electrons. The van der Waals surface area contributed by atoms with Crippen LogP contribution in [-0.4, -0.2) is 29.5 Å². The molecule has 0 aliphatic carbocycles. The Labute approximate surface area is 135 Å². The smallest absolute Gasteiger partial charge is 0.336 e. The highest BCUT2D eigenvalue weighted by Gasteiger charge is 2.25. The zero-order valence-corrected chi connectivity index (χ0v) is 13.1. The minimum absolute atomic E-state index is 0.0263. The van der Waals surface area contributed by atoms with E-state index in [9.17, 15) is 9.90 Å². The number of aryl methyl sites for hydroxylation is 1. The number of aliphatic imine (C=N–C) groups is 1. The molecular formula is C19H20N2O2. The fourth-order valence-electron chi connectivity index (χ4n) is 2.86. The molecule has 0 bridgehead atoms. The molecule has 23 heavy (non-hydrogen) atoms. The monoisotopic (exact) mass is 308 g/mol. The van der Waals surface area contributed by atoms with Gasteiger partial charge in [0.2, 0.25) is 0 Å². The maximum atomic E-state index is 11.6. The molecule has 2 aromatic rings. The van der Waals surface area contributed by atoms with Crippen molar-refractivity contribution >= 4 is 12.3 Å². The molecule has 0 fully saturated rings. The topological polar surface area (TPSA) is 61.7 Å². The molecule has 0 radical (unpaired) electrons. The summed E-state index contributed by atoms with van der Waals surface area (Å²) in [6.07, 6.45) is 3.49. The Hall–Kier alpha value is -2.62. The molecule has 0 amide bonds. The summed E-state index contributed by atoms with van der Waals surface area (Å²) in [5.74, 6) is -0.890. The van der Waals surface area contributed by atoms with Gasteiger partial charge >= 0.3 is 5.97 Å². The highest BCUT2D eigenvalue weighted by Crippen LogP contribution is 2.26. The van der Waals surface area contributed by atoms with Gasteiger partial charge in [-0.1, -0.05) is 42.5 Å². The van der Waals surface area contributed by atoms with Gasteiger partial charge in [0.15, 0.2) is 0 Å². The predicted molar refractivity (Wildman–Crippen MR) is 92.1 cm³/mol. The zero-order valence-electron chi connectivity index (χ0n) is 13.1. The van der Waals surface area contributed by atoms with E-state index in [-0.39, 0.29) is 5.54 Å². The number of carboxylic acids is 1. The molecule has 1 aliphatic heterocycles. The molecule has 1 heterocycles. The molecule has 4 nitrogen and oxygen atoms in total. The molecule has 1 unspecified atom stereocenters. The van der Waals surface area contributed by atoms with Crippen molar-refractivity contribution in [3.05, 3.63) is 59.7 Å². The molecule has 4 heteroatoms. The minimum Gasteiger partial charge on any atom is -0.478 e. The molecule has 0 aromatic heterocycles. The first-order valence-corrected chi connectivity index (χ1v) is 7.75. The van der Waals surface area contributed by atoms with Crippen LogP contribution < -0.4 is 5.32 Å². The predicted octanol–water partition coefficient (Wildman–Crippen LogP) is 3.37. The van der Waals surface area contributed by atoms with Crippen LogP contribution in [-0.2, 0) is 6.42 Å². The van der Waals surface area contributed by atoms with Crippen LogP contribution in [0.2, 0.25) is 0 Å². The Morgan fingerprint density at radius 3 is 2.70 bits per heavy atom. The van der Waals surface area contributed by atoms with Crippen LogP contribution in [0.5, 0.6) is 0 Å². The summed E-state index contributed by atoms with van der Waals surface area (Å²) in [4.78, 5) is 15.9. The maximum absolute atomic E-state index is 11.6. The van der Waals surface area contributed by atoms with Gasteiger partial charge in [-0.25, -0.2) is 4.79 Å². The second-order valence-corrected chi connectivity index (χ2v) is 6.23. The summed E-state index contributed by atoms with van der Waals surface area (Å²) in [6, 6.07) is 15.4. The van der Waals surface area contributed by atoms with E-state index in [4.69, 9.17) is 0 Å². The Bertz CT molecular complexity index is 730. The number of hydrogen-bond acceptors (Lipinski definition) is 3. The van der Waals surface area contributed by atoms with Crippen molar-refractivity contribution in [2.75, 3.05) is 6.54 Å². The van der Waals surface area contributed by atoms with E-state index in [2.05, 4.69) is 17.2 Å². The lowest BCUT2D eigenvalue weighted by Crippen LogP contribution is -2.40. The van der Waals surface area contributed by atoms with Crippen LogP contribution in [0.25, 0.3) is 11.1 Å². The zero-order chi connectivity index (χ0) is 16.3. The van der Waals surface area contributed by atoms with E-state index >= 15 is 0 Å². The van der Waals surface area contributed by atoms with Gasteiger partial charge < -0.3 is 10.4 Å². The molecule has 0 spiro atoms. The third-order valence-electron chi connectivity index (χ3n) is 4.31. The van der Waals surface area contributed by atoms with E-state index in [1.807, 2.05) is 42.5 Å². The summed E-state index contributed by atoms with van der Waals surface area (Å²) in [7, 11) is 0. The van der Waals surface area contributed by atoms with Crippen molar-refractivity contribution < 1.29 is 9.90 Å². The summed E-state index contributed by atoms with van der Waals surface area (Å²) < 4.78 is 0. The molecule has 0 saturated heterocycles. The number of hydrogen-bond donors (Lipinski definition) is 2. The first-order chi connectivity index (χ1) is 11.1. The van der Waals surface area contributed by atoms with E-state index in [1.165, 1.54) is 0 Å². The third kappa shape index (κ3) is 3.42. The van der Waals surface area contributed by atoms with Crippen molar-refractivity contribution in [3.63, 3.8) is 0 Å². The summed E-state index contributed by atoms with van der Waals surface area (Å²) in [5.41, 5.74) is 3.05. The number of aromatic carboxylic acids is 1. The van der Waals surface area contributed by atoms with E-state index in [0.717, 1.165) is 36.1 Å². The largest absolute Gasteiger partial charge is 0.478 e. The third-order valence-corrected chi connectivity index (χ3v) is 4.31. The van der Waals surface area contributed by atoms with Crippen LogP contribution in [0.4, 0.5) is 0 Å². The lowest BCUT2D eigenvalue weighted by molar-refractivity contribution is 0.0697. The number of nitrogens with one attached hydrogen (secondary N) is 1. The fourth-order valence-corrected chi connectivity index (χ4v) is 2.86. The number of carboxylic acid groups (broad SMARTS) is 1. The van der Waals surface area contributed by atoms with Crippen molar-refractivity contribution in [1.29, 1.82) is 0 Å². The number of rotatable bonds is 5. The average Bonchev–Trinajstić information content (AvgIpc) is 3.00.